The van der Waals surface area contributed by atoms with Gasteiger partial charge in [0, 0.05) is 25.2 Å². The second-order valence-electron chi connectivity index (χ2n) is 5.69. The van der Waals surface area contributed by atoms with Gasteiger partial charge in [-0.05, 0) is 46.2 Å². The van der Waals surface area contributed by atoms with Gasteiger partial charge in [0.15, 0.2) is 0 Å². The molecule has 0 aromatic carbocycles. The van der Waals surface area contributed by atoms with E-state index in [4.69, 9.17) is 4.74 Å². The number of rotatable bonds is 11. The molecule has 1 fully saturated rings. The Morgan fingerprint density at radius 1 is 1.33 bits per heavy atom. The summed E-state index contributed by atoms with van der Waals surface area (Å²) in [6, 6.07) is 0.814. The number of nitrogens with one attached hydrogen (secondary N) is 1. The smallest absolute Gasteiger partial charge is 0.0610 e. The molecule has 0 aromatic heterocycles. The highest BCUT2D eigenvalue weighted by Crippen LogP contribution is 2.27. The second kappa shape index (κ2) is 8.10. The van der Waals surface area contributed by atoms with Crippen molar-refractivity contribution < 1.29 is 9.84 Å². The molecule has 1 aliphatic rings. The Bertz CT molecular complexity index is 216. The maximum atomic E-state index is 9.32. The molecule has 1 rings (SSSR count). The Kier molecular flexibility index (Phi) is 7.15. The van der Waals surface area contributed by atoms with E-state index in [2.05, 4.69) is 17.1 Å². The highest BCUT2D eigenvalue weighted by atomic mass is 16.5. The summed E-state index contributed by atoms with van der Waals surface area (Å²) < 4.78 is 5.16. The normalized spacial score (nSPS) is 19.2. The van der Waals surface area contributed by atoms with Crippen molar-refractivity contribution in [1.82, 2.24) is 10.2 Å². The number of unbranched alkanes of at least 4 members (excludes halogenated alkanes) is 1. The molecule has 4 nitrogen and oxygen atoms in total. The average Bonchev–Trinajstić information content (AvgIpc) is 3.22. The third-order valence-electron chi connectivity index (χ3n) is 4.02. The van der Waals surface area contributed by atoms with Gasteiger partial charge in [-0.15, -0.1) is 0 Å². The van der Waals surface area contributed by atoms with Crippen LogP contribution in [0, 0.1) is 0 Å². The molecule has 0 spiro atoms. The lowest BCUT2D eigenvalue weighted by Crippen LogP contribution is -2.43. The minimum absolute atomic E-state index is 0.114. The predicted molar refractivity (Wildman–Crippen MR) is 74.9 cm³/mol. The van der Waals surface area contributed by atoms with Crippen LogP contribution >= 0.6 is 0 Å². The summed E-state index contributed by atoms with van der Waals surface area (Å²) >= 11 is 0. The van der Waals surface area contributed by atoms with Crippen molar-refractivity contribution in [1.29, 1.82) is 0 Å². The third kappa shape index (κ3) is 5.65. The lowest BCUT2D eigenvalue weighted by molar-refractivity contribution is 0.139. The van der Waals surface area contributed by atoms with Crippen LogP contribution in [0.5, 0.6) is 0 Å². The predicted octanol–water partition coefficient (Wildman–Crippen LogP) is 1.24. The summed E-state index contributed by atoms with van der Waals surface area (Å²) in [7, 11) is 3.69. The van der Waals surface area contributed by atoms with Crippen molar-refractivity contribution in [3.63, 3.8) is 0 Å². The summed E-state index contributed by atoms with van der Waals surface area (Å²) in [5.41, 5.74) is -0.114. The van der Waals surface area contributed by atoms with Crippen LogP contribution in [0.4, 0.5) is 0 Å². The maximum absolute atomic E-state index is 9.32. The second-order valence-corrected chi connectivity index (χ2v) is 5.69. The molecular weight excluding hydrogens is 228 g/mol. The van der Waals surface area contributed by atoms with Gasteiger partial charge >= 0.3 is 0 Å². The monoisotopic (exact) mass is 258 g/mol. The van der Waals surface area contributed by atoms with Gasteiger partial charge in [-0.2, -0.15) is 0 Å². The van der Waals surface area contributed by atoms with Gasteiger partial charge < -0.3 is 15.2 Å². The summed E-state index contributed by atoms with van der Waals surface area (Å²) in [6.45, 7) is 5.35. The van der Waals surface area contributed by atoms with Gasteiger partial charge in [0.2, 0.25) is 0 Å². The molecule has 2 N–H and O–H groups in total. The van der Waals surface area contributed by atoms with E-state index in [0.29, 0.717) is 0 Å². The fourth-order valence-electron chi connectivity index (χ4n) is 2.24. The number of nitrogens with zero attached hydrogens (tertiary/aromatic N) is 1. The molecule has 108 valence electrons. The van der Waals surface area contributed by atoms with E-state index in [0.717, 1.165) is 32.0 Å². The van der Waals surface area contributed by atoms with Gasteiger partial charge in [0.25, 0.3) is 0 Å². The number of hydrogen-bond acceptors (Lipinski definition) is 4. The molecule has 4 heteroatoms. The Balaban J connectivity index is 2.14. The molecule has 0 saturated heterocycles. The van der Waals surface area contributed by atoms with Crippen molar-refractivity contribution >= 4 is 0 Å². The van der Waals surface area contributed by atoms with Gasteiger partial charge in [-0.3, -0.25) is 4.90 Å². The molecule has 0 radical (unpaired) electrons. The highest BCUT2D eigenvalue weighted by Gasteiger charge is 2.28. The van der Waals surface area contributed by atoms with Crippen LogP contribution in [-0.4, -0.2) is 62.0 Å². The van der Waals surface area contributed by atoms with Gasteiger partial charge in [0.05, 0.1) is 13.2 Å². The zero-order valence-electron chi connectivity index (χ0n) is 12.2. The van der Waals surface area contributed by atoms with Crippen molar-refractivity contribution in [2.24, 2.45) is 0 Å². The van der Waals surface area contributed by atoms with Crippen LogP contribution in [0.1, 0.15) is 39.0 Å². The molecular formula is C14H30N2O2. The van der Waals surface area contributed by atoms with E-state index in [1.54, 1.807) is 7.11 Å². The maximum Gasteiger partial charge on any atom is 0.0610 e. The van der Waals surface area contributed by atoms with Crippen LogP contribution < -0.4 is 5.32 Å². The van der Waals surface area contributed by atoms with E-state index in [9.17, 15) is 5.11 Å². The van der Waals surface area contributed by atoms with E-state index < -0.39 is 0 Å². The number of aliphatic hydroxyl groups excluding tert-OH is 1. The van der Waals surface area contributed by atoms with Crippen molar-refractivity contribution in [2.45, 2.75) is 50.6 Å². The van der Waals surface area contributed by atoms with Gasteiger partial charge in [-0.1, -0.05) is 6.42 Å². The third-order valence-corrected chi connectivity index (χ3v) is 4.02. The van der Waals surface area contributed by atoms with E-state index in [1.165, 1.54) is 25.8 Å². The first-order chi connectivity index (χ1) is 8.65. The quantitative estimate of drug-likeness (QED) is 0.547. The fourth-order valence-corrected chi connectivity index (χ4v) is 2.24. The number of hydrogen-bond donors (Lipinski definition) is 2. The van der Waals surface area contributed by atoms with Gasteiger partial charge in [-0.25, -0.2) is 0 Å². The summed E-state index contributed by atoms with van der Waals surface area (Å²) in [5.74, 6) is 0. The van der Waals surface area contributed by atoms with Crippen LogP contribution in [0.15, 0.2) is 0 Å². The van der Waals surface area contributed by atoms with Crippen molar-refractivity contribution in [3.05, 3.63) is 0 Å². The number of aliphatic hydroxyl groups is 1. The molecule has 1 atom stereocenters. The lowest BCUT2D eigenvalue weighted by atomic mass is 9.96. The van der Waals surface area contributed by atoms with Crippen LogP contribution in [0.2, 0.25) is 0 Å². The molecule has 0 aromatic rings. The minimum atomic E-state index is -0.114. The first kappa shape index (κ1) is 15.9. The molecule has 18 heavy (non-hydrogen) atoms. The van der Waals surface area contributed by atoms with Crippen molar-refractivity contribution in [3.8, 4) is 0 Å². The molecule has 0 heterocycles. The summed E-state index contributed by atoms with van der Waals surface area (Å²) in [6.07, 6.45) is 6.11. The standard InChI is InChI=1S/C14H30N2O2/c1-14(12-17,15-2)8-4-5-9-16(10-11-18-3)13-6-7-13/h13,15,17H,4-12H2,1-3H3. The topological polar surface area (TPSA) is 44.7 Å². The highest BCUT2D eigenvalue weighted by molar-refractivity contribution is 4.85. The molecule has 1 saturated carbocycles. The average molecular weight is 258 g/mol. The van der Waals surface area contributed by atoms with Crippen LogP contribution in [-0.2, 0) is 4.74 Å². The summed E-state index contributed by atoms with van der Waals surface area (Å²) in [4.78, 5) is 2.55. The molecule has 0 amide bonds. The molecule has 0 aliphatic heterocycles. The molecule has 1 unspecified atom stereocenters. The zero-order valence-corrected chi connectivity index (χ0v) is 12.2. The van der Waals surface area contributed by atoms with Crippen molar-refractivity contribution in [2.75, 3.05) is 40.5 Å². The zero-order chi connectivity index (χ0) is 13.4. The Labute approximate surface area is 112 Å². The molecule has 1 aliphatic carbocycles. The minimum Gasteiger partial charge on any atom is -0.394 e. The van der Waals surface area contributed by atoms with Crippen LogP contribution in [0.25, 0.3) is 0 Å². The first-order valence-electron chi connectivity index (χ1n) is 7.18. The van der Waals surface area contributed by atoms with E-state index in [-0.39, 0.29) is 12.1 Å². The first-order valence-corrected chi connectivity index (χ1v) is 7.18. The largest absolute Gasteiger partial charge is 0.394 e. The number of methoxy groups -OCH3 is 1. The SMILES string of the molecule is CNC(C)(CO)CCCCN(CCOC)C1CC1. The number of likely N-dealkylation sites (N-methyl/N-ethyl adjacent to an activating group) is 1. The van der Waals surface area contributed by atoms with E-state index >= 15 is 0 Å². The van der Waals surface area contributed by atoms with Crippen LogP contribution in [0.3, 0.4) is 0 Å². The Hall–Kier alpha value is -0.160. The number of ether oxygens (including phenoxy) is 1. The Morgan fingerprint density at radius 2 is 2.06 bits per heavy atom. The molecule has 0 bridgehead atoms. The van der Waals surface area contributed by atoms with Gasteiger partial charge in [0.1, 0.15) is 0 Å². The Morgan fingerprint density at radius 3 is 2.56 bits per heavy atom. The summed E-state index contributed by atoms with van der Waals surface area (Å²) in [5, 5.41) is 12.5. The fraction of sp³-hybridized carbons (Fsp3) is 1.00. The van der Waals surface area contributed by atoms with E-state index in [1.807, 2.05) is 7.05 Å². The lowest BCUT2D eigenvalue weighted by Gasteiger charge is -2.27.